The van der Waals surface area contributed by atoms with Gasteiger partial charge < -0.3 is 5.32 Å². The number of halogens is 3. The minimum absolute atomic E-state index is 0.200. The Kier molecular flexibility index (Phi) is 4.50. The smallest absolute Gasteiger partial charge is 0.256 e. The van der Waals surface area contributed by atoms with Gasteiger partial charge in [-0.2, -0.15) is 0 Å². The molecule has 0 saturated carbocycles. The predicted octanol–water partition coefficient (Wildman–Crippen LogP) is 5.32. The summed E-state index contributed by atoms with van der Waals surface area (Å²) in [6.07, 6.45) is 0. The number of benzene rings is 2. The van der Waals surface area contributed by atoms with E-state index in [1.165, 1.54) is 0 Å². The SMILES string of the molecule is Cc1cccc(C(=O)Nc2ccc(Cl)c(Cl)c2)c1Br. The number of rotatable bonds is 2. The number of anilines is 1. The third-order valence-electron chi connectivity index (χ3n) is 2.61. The summed E-state index contributed by atoms with van der Waals surface area (Å²) in [5.41, 5.74) is 2.18. The molecule has 0 bridgehead atoms. The monoisotopic (exact) mass is 357 g/mol. The zero-order valence-electron chi connectivity index (χ0n) is 10.0. The van der Waals surface area contributed by atoms with E-state index in [4.69, 9.17) is 23.2 Å². The van der Waals surface area contributed by atoms with Gasteiger partial charge in [0.25, 0.3) is 5.91 Å². The Hall–Kier alpha value is -1.03. The zero-order chi connectivity index (χ0) is 14.0. The highest BCUT2D eigenvalue weighted by atomic mass is 79.9. The molecular weight excluding hydrogens is 349 g/mol. The van der Waals surface area contributed by atoms with E-state index in [1.807, 2.05) is 19.1 Å². The molecule has 0 aliphatic heterocycles. The normalized spacial score (nSPS) is 10.3. The van der Waals surface area contributed by atoms with Gasteiger partial charge in [-0.1, -0.05) is 35.3 Å². The molecule has 5 heteroatoms. The molecule has 19 heavy (non-hydrogen) atoms. The maximum absolute atomic E-state index is 12.2. The number of hydrogen-bond donors (Lipinski definition) is 1. The number of carbonyl (C=O) groups excluding carboxylic acids is 1. The first-order chi connectivity index (χ1) is 8.99. The predicted molar refractivity (Wildman–Crippen MR) is 83.3 cm³/mol. The highest BCUT2D eigenvalue weighted by Crippen LogP contribution is 2.26. The van der Waals surface area contributed by atoms with Crippen molar-refractivity contribution >= 4 is 50.7 Å². The first-order valence-corrected chi connectivity index (χ1v) is 7.05. The molecule has 0 aromatic heterocycles. The number of amides is 1. The maximum Gasteiger partial charge on any atom is 0.256 e. The van der Waals surface area contributed by atoms with Crippen molar-refractivity contribution in [3.05, 3.63) is 62.0 Å². The molecule has 2 nitrogen and oxygen atoms in total. The quantitative estimate of drug-likeness (QED) is 0.773. The van der Waals surface area contributed by atoms with Crippen LogP contribution in [-0.4, -0.2) is 5.91 Å². The molecular formula is C14H10BrCl2NO. The lowest BCUT2D eigenvalue weighted by Crippen LogP contribution is -2.12. The lowest BCUT2D eigenvalue weighted by molar-refractivity contribution is 0.102. The molecule has 2 aromatic carbocycles. The van der Waals surface area contributed by atoms with Crippen LogP contribution < -0.4 is 5.32 Å². The van der Waals surface area contributed by atoms with E-state index in [1.54, 1.807) is 24.3 Å². The van der Waals surface area contributed by atoms with Crippen molar-refractivity contribution in [2.45, 2.75) is 6.92 Å². The average Bonchev–Trinajstić information content (AvgIpc) is 2.37. The van der Waals surface area contributed by atoms with Gasteiger partial charge in [-0.25, -0.2) is 0 Å². The standard InChI is InChI=1S/C14H10BrCl2NO/c1-8-3-2-4-10(13(8)15)14(19)18-9-5-6-11(16)12(17)7-9/h2-7H,1H3,(H,18,19). The summed E-state index contributed by atoms with van der Waals surface area (Å²) >= 11 is 15.1. The summed E-state index contributed by atoms with van der Waals surface area (Å²) < 4.78 is 0.785. The fourth-order valence-electron chi connectivity index (χ4n) is 1.60. The Morgan fingerprint density at radius 3 is 2.58 bits per heavy atom. The zero-order valence-corrected chi connectivity index (χ0v) is 13.1. The largest absolute Gasteiger partial charge is 0.322 e. The van der Waals surface area contributed by atoms with Crippen molar-refractivity contribution in [2.24, 2.45) is 0 Å². The third-order valence-corrected chi connectivity index (χ3v) is 4.41. The fourth-order valence-corrected chi connectivity index (χ4v) is 2.34. The summed E-state index contributed by atoms with van der Waals surface area (Å²) in [4.78, 5) is 12.2. The second-order valence-corrected chi connectivity index (χ2v) is 5.63. The van der Waals surface area contributed by atoms with Crippen molar-refractivity contribution in [1.82, 2.24) is 0 Å². The molecule has 0 spiro atoms. The van der Waals surface area contributed by atoms with Gasteiger partial charge in [0.1, 0.15) is 0 Å². The van der Waals surface area contributed by atoms with Crippen LogP contribution in [-0.2, 0) is 0 Å². The summed E-state index contributed by atoms with van der Waals surface area (Å²) in [6.45, 7) is 1.93. The molecule has 0 aliphatic rings. The minimum Gasteiger partial charge on any atom is -0.322 e. The van der Waals surface area contributed by atoms with Crippen LogP contribution in [0.2, 0.25) is 10.0 Å². The average molecular weight is 359 g/mol. The minimum atomic E-state index is -0.200. The molecule has 98 valence electrons. The van der Waals surface area contributed by atoms with Crippen molar-refractivity contribution in [2.75, 3.05) is 5.32 Å². The first kappa shape index (κ1) is 14.4. The van der Waals surface area contributed by atoms with E-state index >= 15 is 0 Å². The van der Waals surface area contributed by atoms with Gasteiger partial charge in [0.05, 0.1) is 15.6 Å². The second kappa shape index (κ2) is 5.95. The lowest BCUT2D eigenvalue weighted by Gasteiger charge is -2.09. The Bertz CT molecular complexity index is 643. The highest BCUT2D eigenvalue weighted by Gasteiger charge is 2.12. The Morgan fingerprint density at radius 1 is 1.16 bits per heavy atom. The van der Waals surface area contributed by atoms with Gasteiger partial charge in [0.2, 0.25) is 0 Å². The number of nitrogens with one attached hydrogen (secondary N) is 1. The van der Waals surface area contributed by atoms with Crippen LogP contribution in [0.25, 0.3) is 0 Å². The van der Waals surface area contributed by atoms with Crippen LogP contribution in [0.3, 0.4) is 0 Å². The van der Waals surface area contributed by atoms with Crippen LogP contribution in [0.1, 0.15) is 15.9 Å². The topological polar surface area (TPSA) is 29.1 Å². The van der Waals surface area contributed by atoms with E-state index in [-0.39, 0.29) is 5.91 Å². The van der Waals surface area contributed by atoms with E-state index in [9.17, 15) is 4.79 Å². The van der Waals surface area contributed by atoms with Gasteiger partial charge in [0, 0.05) is 10.2 Å². The van der Waals surface area contributed by atoms with Crippen LogP contribution in [0.4, 0.5) is 5.69 Å². The van der Waals surface area contributed by atoms with Crippen LogP contribution in [0.15, 0.2) is 40.9 Å². The molecule has 0 aliphatic carbocycles. The number of aryl methyl sites for hydroxylation is 1. The van der Waals surface area contributed by atoms with Gasteiger partial charge in [0.15, 0.2) is 0 Å². The highest BCUT2D eigenvalue weighted by molar-refractivity contribution is 9.10. The molecule has 0 radical (unpaired) electrons. The lowest BCUT2D eigenvalue weighted by atomic mass is 10.1. The summed E-state index contributed by atoms with van der Waals surface area (Å²) in [6, 6.07) is 10.5. The van der Waals surface area contributed by atoms with Crippen molar-refractivity contribution in [1.29, 1.82) is 0 Å². The van der Waals surface area contributed by atoms with Crippen molar-refractivity contribution < 1.29 is 4.79 Å². The summed E-state index contributed by atoms with van der Waals surface area (Å²) in [5.74, 6) is -0.200. The molecule has 1 N–H and O–H groups in total. The fraction of sp³-hybridized carbons (Fsp3) is 0.0714. The van der Waals surface area contributed by atoms with Crippen molar-refractivity contribution in [3.8, 4) is 0 Å². The Morgan fingerprint density at radius 2 is 1.89 bits per heavy atom. The maximum atomic E-state index is 12.2. The van der Waals surface area contributed by atoms with Gasteiger partial charge in [-0.05, 0) is 52.7 Å². The van der Waals surface area contributed by atoms with Crippen molar-refractivity contribution in [3.63, 3.8) is 0 Å². The van der Waals surface area contributed by atoms with E-state index in [2.05, 4.69) is 21.2 Å². The molecule has 1 amide bonds. The molecule has 2 aromatic rings. The first-order valence-electron chi connectivity index (χ1n) is 5.50. The molecule has 2 rings (SSSR count). The second-order valence-electron chi connectivity index (χ2n) is 4.02. The van der Waals surface area contributed by atoms with E-state index in [0.29, 0.717) is 21.3 Å². The van der Waals surface area contributed by atoms with Gasteiger partial charge >= 0.3 is 0 Å². The van der Waals surface area contributed by atoms with E-state index < -0.39 is 0 Å². The van der Waals surface area contributed by atoms with Gasteiger partial charge in [-0.15, -0.1) is 0 Å². The molecule has 0 atom stereocenters. The molecule has 0 saturated heterocycles. The molecule has 0 heterocycles. The molecule has 0 fully saturated rings. The number of carbonyl (C=O) groups is 1. The summed E-state index contributed by atoms with van der Waals surface area (Å²) in [5, 5.41) is 3.64. The Labute approximate surface area is 129 Å². The van der Waals surface area contributed by atoms with Crippen LogP contribution >= 0.6 is 39.1 Å². The van der Waals surface area contributed by atoms with Crippen LogP contribution in [0.5, 0.6) is 0 Å². The Balaban J connectivity index is 2.26. The van der Waals surface area contributed by atoms with E-state index in [0.717, 1.165) is 10.0 Å². The summed E-state index contributed by atoms with van der Waals surface area (Å²) in [7, 11) is 0. The molecule has 0 unspecified atom stereocenters. The third kappa shape index (κ3) is 3.30. The van der Waals surface area contributed by atoms with Crippen LogP contribution in [0, 0.1) is 6.92 Å². The van der Waals surface area contributed by atoms with Gasteiger partial charge in [-0.3, -0.25) is 4.79 Å². The number of hydrogen-bond acceptors (Lipinski definition) is 1.